The molecule has 160 valence electrons. The second-order valence-corrected chi connectivity index (χ2v) is 7.38. The average Bonchev–Trinajstić information content (AvgIpc) is 2.76. The van der Waals surface area contributed by atoms with E-state index in [0.29, 0.717) is 18.8 Å². The minimum Gasteiger partial charge on any atom is -0.490 e. The van der Waals surface area contributed by atoms with Crippen molar-refractivity contribution in [1.29, 1.82) is 0 Å². The second-order valence-electron chi connectivity index (χ2n) is 7.38. The predicted octanol–water partition coefficient (Wildman–Crippen LogP) is 5.38. The largest absolute Gasteiger partial charge is 0.490 e. The van der Waals surface area contributed by atoms with Crippen LogP contribution in [0.25, 0.3) is 11.1 Å². The van der Waals surface area contributed by atoms with E-state index in [1.165, 1.54) is 6.92 Å². The maximum atomic E-state index is 11.0. The van der Waals surface area contributed by atoms with Gasteiger partial charge >= 0.3 is 5.97 Å². The summed E-state index contributed by atoms with van der Waals surface area (Å²) in [6.45, 7) is 5.96. The Morgan fingerprint density at radius 2 is 1.71 bits per heavy atom. The van der Waals surface area contributed by atoms with Gasteiger partial charge in [0.15, 0.2) is 0 Å². The molecule has 0 aliphatic carbocycles. The summed E-state index contributed by atoms with van der Waals surface area (Å²) in [5, 5.41) is 0. The lowest BCUT2D eigenvalue weighted by molar-refractivity contribution is -0.146. The Labute approximate surface area is 182 Å². The predicted molar refractivity (Wildman–Crippen MR) is 119 cm³/mol. The van der Waals surface area contributed by atoms with E-state index in [4.69, 9.17) is 14.2 Å². The summed E-state index contributed by atoms with van der Waals surface area (Å²) in [6.07, 6.45) is 0.510. The second kappa shape index (κ2) is 10.4. The Morgan fingerprint density at radius 1 is 0.968 bits per heavy atom. The first-order valence-corrected chi connectivity index (χ1v) is 10.1. The Hall–Kier alpha value is -3.60. The van der Waals surface area contributed by atoms with Crippen LogP contribution in [0.4, 0.5) is 0 Å². The van der Waals surface area contributed by atoms with Gasteiger partial charge in [0, 0.05) is 12.5 Å². The van der Waals surface area contributed by atoms with E-state index < -0.39 is 0 Å². The summed E-state index contributed by atoms with van der Waals surface area (Å²) in [5.41, 5.74) is 4.96. The fourth-order valence-corrected chi connectivity index (χ4v) is 3.22. The molecule has 0 amide bonds. The Balaban J connectivity index is 1.65. The van der Waals surface area contributed by atoms with Crippen LogP contribution in [0.15, 0.2) is 66.7 Å². The molecule has 0 aromatic heterocycles. The molecule has 3 aromatic rings. The van der Waals surface area contributed by atoms with Crippen molar-refractivity contribution in [2.45, 2.75) is 33.5 Å². The third-order valence-electron chi connectivity index (χ3n) is 4.71. The monoisotopic (exact) mass is 418 g/mol. The van der Waals surface area contributed by atoms with Crippen LogP contribution in [-0.4, -0.2) is 25.0 Å². The zero-order chi connectivity index (χ0) is 22.2. The molecule has 0 radical (unpaired) electrons. The molecule has 0 saturated carbocycles. The van der Waals surface area contributed by atoms with Gasteiger partial charge in [-0.2, -0.15) is 0 Å². The van der Waals surface area contributed by atoms with Gasteiger partial charge in [0.1, 0.15) is 37.1 Å². The summed E-state index contributed by atoms with van der Waals surface area (Å²) in [6, 6.07) is 21.2. The quantitative estimate of drug-likeness (QED) is 0.345. The van der Waals surface area contributed by atoms with Crippen molar-refractivity contribution < 1.29 is 23.8 Å². The van der Waals surface area contributed by atoms with Gasteiger partial charge in [0.2, 0.25) is 0 Å². The normalized spacial score (nSPS) is 11.5. The third-order valence-corrected chi connectivity index (χ3v) is 4.71. The number of carbonyl (C=O) groups is 2. The summed E-state index contributed by atoms with van der Waals surface area (Å²) in [7, 11) is 0. The SMILES string of the molecule is CC(=O)O[C@@H](C)COc1ccc(-c2cccc(COc3ccc(C=O)cc3)c2)c(C)c1. The Morgan fingerprint density at radius 3 is 2.39 bits per heavy atom. The Bertz CT molecular complexity index is 1040. The van der Waals surface area contributed by atoms with Crippen molar-refractivity contribution in [1.82, 2.24) is 0 Å². The zero-order valence-electron chi connectivity index (χ0n) is 18.0. The number of rotatable bonds is 9. The maximum Gasteiger partial charge on any atom is 0.303 e. The van der Waals surface area contributed by atoms with Gasteiger partial charge in [-0.05, 0) is 78.6 Å². The fourth-order valence-electron chi connectivity index (χ4n) is 3.22. The first kappa shape index (κ1) is 22.1. The van der Waals surface area contributed by atoms with E-state index in [1.54, 1.807) is 31.2 Å². The van der Waals surface area contributed by atoms with Gasteiger partial charge in [-0.3, -0.25) is 9.59 Å². The summed E-state index contributed by atoms with van der Waals surface area (Å²) in [5.74, 6) is 1.14. The molecule has 5 heteroatoms. The van der Waals surface area contributed by atoms with Crippen LogP contribution in [0.3, 0.4) is 0 Å². The lowest BCUT2D eigenvalue weighted by atomic mass is 9.99. The van der Waals surface area contributed by atoms with E-state index in [0.717, 1.165) is 40.0 Å². The summed E-state index contributed by atoms with van der Waals surface area (Å²) >= 11 is 0. The summed E-state index contributed by atoms with van der Waals surface area (Å²) < 4.78 is 16.7. The number of aryl methyl sites for hydroxylation is 1. The number of esters is 1. The molecule has 31 heavy (non-hydrogen) atoms. The highest BCUT2D eigenvalue weighted by Crippen LogP contribution is 2.28. The van der Waals surface area contributed by atoms with Gasteiger partial charge in [-0.25, -0.2) is 0 Å². The number of carbonyl (C=O) groups excluding carboxylic acids is 2. The van der Waals surface area contributed by atoms with Gasteiger partial charge in [-0.15, -0.1) is 0 Å². The number of hydrogen-bond acceptors (Lipinski definition) is 5. The van der Waals surface area contributed by atoms with Crippen molar-refractivity contribution >= 4 is 12.3 Å². The highest BCUT2D eigenvalue weighted by Gasteiger charge is 2.09. The van der Waals surface area contributed by atoms with E-state index in [1.807, 2.05) is 37.3 Å². The molecule has 0 unspecified atom stereocenters. The Kier molecular flexibility index (Phi) is 7.44. The molecule has 0 fully saturated rings. The first-order valence-electron chi connectivity index (χ1n) is 10.1. The molecule has 1 atom stereocenters. The smallest absolute Gasteiger partial charge is 0.303 e. The highest BCUT2D eigenvalue weighted by molar-refractivity contribution is 5.74. The van der Waals surface area contributed by atoms with Crippen molar-refractivity contribution in [2.24, 2.45) is 0 Å². The maximum absolute atomic E-state index is 11.0. The molecule has 5 nitrogen and oxygen atoms in total. The van der Waals surface area contributed by atoms with Crippen molar-refractivity contribution in [2.75, 3.05) is 6.61 Å². The molecule has 0 aliphatic rings. The van der Waals surface area contributed by atoms with E-state index in [-0.39, 0.29) is 12.1 Å². The van der Waals surface area contributed by atoms with Gasteiger partial charge in [0.25, 0.3) is 0 Å². The van der Waals surface area contributed by atoms with Crippen molar-refractivity contribution in [3.05, 3.63) is 83.4 Å². The van der Waals surface area contributed by atoms with Gasteiger partial charge in [0.05, 0.1) is 0 Å². The van der Waals surface area contributed by atoms with Crippen LogP contribution in [0.2, 0.25) is 0 Å². The number of hydrogen-bond donors (Lipinski definition) is 0. The average molecular weight is 418 g/mol. The van der Waals surface area contributed by atoms with Crippen LogP contribution in [0.1, 0.15) is 35.3 Å². The fraction of sp³-hybridized carbons (Fsp3) is 0.231. The molecule has 0 spiro atoms. The number of ether oxygens (including phenoxy) is 3. The minimum atomic E-state index is -0.315. The third kappa shape index (κ3) is 6.44. The van der Waals surface area contributed by atoms with E-state index in [2.05, 4.69) is 12.1 Å². The molecule has 0 heterocycles. The summed E-state index contributed by atoms with van der Waals surface area (Å²) in [4.78, 5) is 21.8. The van der Waals surface area contributed by atoms with Crippen LogP contribution < -0.4 is 9.47 Å². The zero-order valence-corrected chi connectivity index (χ0v) is 18.0. The lowest BCUT2D eigenvalue weighted by Crippen LogP contribution is -2.20. The van der Waals surface area contributed by atoms with Crippen molar-refractivity contribution in [3.8, 4) is 22.6 Å². The van der Waals surface area contributed by atoms with Gasteiger partial charge < -0.3 is 14.2 Å². The molecule has 0 N–H and O–H groups in total. The molecule has 0 bridgehead atoms. The molecule has 0 saturated heterocycles. The lowest BCUT2D eigenvalue weighted by Gasteiger charge is -2.15. The molecule has 3 rings (SSSR count). The van der Waals surface area contributed by atoms with Gasteiger partial charge in [-0.1, -0.05) is 24.3 Å². The van der Waals surface area contributed by atoms with E-state index in [9.17, 15) is 9.59 Å². The highest BCUT2D eigenvalue weighted by atomic mass is 16.6. The molecular weight excluding hydrogens is 392 g/mol. The number of benzene rings is 3. The first-order chi connectivity index (χ1) is 14.9. The topological polar surface area (TPSA) is 61.8 Å². The van der Waals surface area contributed by atoms with Crippen LogP contribution in [-0.2, 0) is 16.1 Å². The standard InChI is InChI=1S/C26H26O5/c1-18-13-25(29-16-19(2)31-20(3)28)11-12-26(18)23-6-4-5-22(14-23)17-30-24-9-7-21(15-27)8-10-24/h4-15,19H,16-17H2,1-3H3/t19-/m0/s1. The van der Waals surface area contributed by atoms with E-state index >= 15 is 0 Å². The minimum absolute atomic E-state index is 0.302. The van der Waals surface area contributed by atoms with Crippen LogP contribution in [0, 0.1) is 6.92 Å². The van der Waals surface area contributed by atoms with Crippen LogP contribution >= 0.6 is 0 Å². The van der Waals surface area contributed by atoms with Crippen molar-refractivity contribution in [3.63, 3.8) is 0 Å². The number of aldehydes is 1. The molecular formula is C26H26O5. The van der Waals surface area contributed by atoms with Crippen LogP contribution in [0.5, 0.6) is 11.5 Å². The molecule has 0 aliphatic heterocycles. The molecule has 3 aromatic carbocycles.